The summed E-state index contributed by atoms with van der Waals surface area (Å²) in [7, 11) is 1.63. The summed E-state index contributed by atoms with van der Waals surface area (Å²) in [6.07, 6.45) is 1.18. The van der Waals surface area contributed by atoms with Crippen LogP contribution in [0.25, 0.3) is 0 Å². The molecule has 1 heterocycles. The molecule has 1 aliphatic rings. The van der Waals surface area contributed by atoms with Crippen LogP contribution in [0.4, 0.5) is 4.79 Å². The van der Waals surface area contributed by atoms with E-state index in [0.29, 0.717) is 13.2 Å². The molecule has 0 aromatic heterocycles. The smallest absolute Gasteiger partial charge is 0.317 e. The number of hydrogen-bond acceptors (Lipinski definition) is 3. The van der Waals surface area contributed by atoms with Crippen LogP contribution in [0.15, 0.2) is 0 Å². The third-order valence-electron chi connectivity index (χ3n) is 2.78. The highest BCUT2D eigenvalue weighted by Gasteiger charge is 2.19. The fraction of sp³-hybridized carbons (Fsp3) is 0.909. The van der Waals surface area contributed by atoms with E-state index >= 15 is 0 Å². The summed E-state index contributed by atoms with van der Waals surface area (Å²) in [4.78, 5) is 16.0. The largest absolute Gasteiger partial charge is 0.383 e. The van der Waals surface area contributed by atoms with E-state index in [2.05, 4.69) is 17.1 Å². The van der Waals surface area contributed by atoms with Crippen molar-refractivity contribution >= 4 is 6.03 Å². The first-order chi connectivity index (χ1) is 7.77. The molecule has 0 atom stereocenters. The van der Waals surface area contributed by atoms with Gasteiger partial charge in [0.15, 0.2) is 0 Å². The van der Waals surface area contributed by atoms with Crippen molar-refractivity contribution in [2.24, 2.45) is 0 Å². The molecular formula is C11H23N3O2. The zero-order valence-corrected chi connectivity index (χ0v) is 10.4. The van der Waals surface area contributed by atoms with Gasteiger partial charge < -0.3 is 15.0 Å². The predicted molar refractivity (Wildman–Crippen MR) is 63.6 cm³/mol. The van der Waals surface area contributed by atoms with Gasteiger partial charge in [-0.15, -0.1) is 0 Å². The van der Waals surface area contributed by atoms with Crippen LogP contribution in [-0.4, -0.2) is 68.8 Å². The van der Waals surface area contributed by atoms with Gasteiger partial charge in [0.25, 0.3) is 0 Å². The molecule has 0 unspecified atom stereocenters. The Bertz CT molecular complexity index is 203. The highest BCUT2D eigenvalue weighted by atomic mass is 16.5. The maximum Gasteiger partial charge on any atom is 0.317 e. The number of rotatable bonds is 5. The third-order valence-corrected chi connectivity index (χ3v) is 2.78. The number of ether oxygens (including phenoxy) is 1. The number of methoxy groups -OCH3 is 1. The van der Waals surface area contributed by atoms with E-state index in [1.54, 1.807) is 7.11 Å². The van der Waals surface area contributed by atoms with Crippen molar-refractivity contribution in [3.05, 3.63) is 0 Å². The molecule has 0 saturated carbocycles. The Morgan fingerprint density at radius 3 is 2.56 bits per heavy atom. The minimum absolute atomic E-state index is 0.0354. The number of nitrogens with zero attached hydrogens (tertiary/aromatic N) is 2. The van der Waals surface area contributed by atoms with Crippen LogP contribution in [-0.2, 0) is 4.74 Å². The predicted octanol–water partition coefficient (Wildman–Crippen LogP) is 0.370. The average Bonchev–Trinajstić information content (AvgIpc) is 2.30. The molecule has 0 aromatic rings. The van der Waals surface area contributed by atoms with Gasteiger partial charge in [-0.05, 0) is 13.0 Å². The topological polar surface area (TPSA) is 44.8 Å². The Kier molecular flexibility index (Phi) is 6.18. The lowest BCUT2D eigenvalue weighted by molar-refractivity contribution is 0.136. The van der Waals surface area contributed by atoms with E-state index in [-0.39, 0.29) is 6.03 Å². The van der Waals surface area contributed by atoms with Crippen LogP contribution in [0.2, 0.25) is 0 Å². The number of carbonyl (C=O) groups is 1. The third kappa shape index (κ3) is 4.37. The average molecular weight is 229 g/mol. The first-order valence-electron chi connectivity index (χ1n) is 6.02. The van der Waals surface area contributed by atoms with Crippen LogP contribution in [0.1, 0.15) is 13.3 Å². The summed E-state index contributed by atoms with van der Waals surface area (Å²) < 4.78 is 4.89. The molecule has 0 aliphatic carbocycles. The number of amides is 2. The maximum atomic E-state index is 11.7. The molecule has 5 nitrogen and oxygen atoms in total. The second kappa shape index (κ2) is 7.46. The zero-order chi connectivity index (χ0) is 11.8. The SMILES string of the molecule is CCCN1CCN(C(=O)NCCOC)CC1. The van der Waals surface area contributed by atoms with Gasteiger partial charge in [-0.2, -0.15) is 0 Å². The zero-order valence-electron chi connectivity index (χ0n) is 10.4. The van der Waals surface area contributed by atoms with Gasteiger partial charge in [0.05, 0.1) is 6.61 Å². The van der Waals surface area contributed by atoms with E-state index in [1.165, 1.54) is 6.42 Å². The molecule has 2 amide bonds. The van der Waals surface area contributed by atoms with Crippen molar-refractivity contribution in [3.63, 3.8) is 0 Å². The highest BCUT2D eigenvalue weighted by molar-refractivity contribution is 5.74. The maximum absolute atomic E-state index is 11.7. The molecule has 1 aliphatic heterocycles. The van der Waals surface area contributed by atoms with Crippen LogP contribution < -0.4 is 5.32 Å². The number of nitrogens with one attached hydrogen (secondary N) is 1. The minimum atomic E-state index is 0.0354. The molecule has 94 valence electrons. The summed E-state index contributed by atoms with van der Waals surface area (Å²) in [6.45, 7) is 8.13. The van der Waals surface area contributed by atoms with Crippen molar-refractivity contribution < 1.29 is 9.53 Å². The Morgan fingerprint density at radius 2 is 2.00 bits per heavy atom. The molecule has 1 rings (SSSR count). The number of piperazine rings is 1. The van der Waals surface area contributed by atoms with Gasteiger partial charge >= 0.3 is 6.03 Å². The molecule has 16 heavy (non-hydrogen) atoms. The fourth-order valence-corrected chi connectivity index (χ4v) is 1.86. The molecule has 0 radical (unpaired) electrons. The monoisotopic (exact) mass is 229 g/mol. The second-order valence-electron chi connectivity index (χ2n) is 4.05. The molecule has 1 fully saturated rings. The van der Waals surface area contributed by atoms with Gasteiger partial charge in [-0.3, -0.25) is 4.90 Å². The molecular weight excluding hydrogens is 206 g/mol. The molecule has 0 aromatic carbocycles. The standard InChI is InChI=1S/C11H23N3O2/c1-3-5-13-6-8-14(9-7-13)11(15)12-4-10-16-2/h3-10H2,1-2H3,(H,12,15). The normalized spacial score (nSPS) is 17.5. The lowest BCUT2D eigenvalue weighted by atomic mass is 10.3. The fourth-order valence-electron chi connectivity index (χ4n) is 1.86. The van der Waals surface area contributed by atoms with E-state index in [9.17, 15) is 4.79 Å². The van der Waals surface area contributed by atoms with E-state index in [1.807, 2.05) is 4.90 Å². The van der Waals surface area contributed by atoms with Crippen molar-refractivity contribution in [2.75, 3.05) is 53.0 Å². The number of urea groups is 1. The Labute approximate surface area is 97.7 Å². The van der Waals surface area contributed by atoms with Gasteiger partial charge in [-0.25, -0.2) is 4.79 Å². The number of carbonyl (C=O) groups excluding carboxylic acids is 1. The highest BCUT2D eigenvalue weighted by Crippen LogP contribution is 2.02. The Hall–Kier alpha value is -0.810. The summed E-state index contributed by atoms with van der Waals surface area (Å²) in [6, 6.07) is 0.0354. The minimum Gasteiger partial charge on any atom is -0.383 e. The van der Waals surface area contributed by atoms with Gasteiger partial charge in [0.2, 0.25) is 0 Å². The molecule has 0 bridgehead atoms. The van der Waals surface area contributed by atoms with Crippen LogP contribution in [0, 0.1) is 0 Å². The van der Waals surface area contributed by atoms with Crippen LogP contribution in [0.5, 0.6) is 0 Å². The van der Waals surface area contributed by atoms with Crippen LogP contribution in [0.3, 0.4) is 0 Å². The molecule has 0 spiro atoms. The Balaban J connectivity index is 2.17. The van der Waals surface area contributed by atoms with Gasteiger partial charge in [-0.1, -0.05) is 6.92 Å². The van der Waals surface area contributed by atoms with Crippen molar-refractivity contribution in [2.45, 2.75) is 13.3 Å². The Morgan fingerprint density at radius 1 is 1.31 bits per heavy atom. The lowest BCUT2D eigenvalue weighted by Gasteiger charge is -2.34. The number of hydrogen-bond donors (Lipinski definition) is 1. The van der Waals surface area contributed by atoms with E-state index < -0.39 is 0 Å². The van der Waals surface area contributed by atoms with Crippen molar-refractivity contribution in [1.82, 2.24) is 15.1 Å². The van der Waals surface area contributed by atoms with Gasteiger partial charge in [0, 0.05) is 39.8 Å². The lowest BCUT2D eigenvalue weighted by Crippen LogP contribution is -2.52. The summed E-state index contributed by atoms with van der Waals surface area (Å²) >= 11 is 0. The molecule has 1 N–H and O–H groups in total. The van der Waals surface area contributed by atoms with Crippen LogP contribution >= 0.6 is 0 Å². The first-order valence-corrected chi connectivity index (χ1v) is 6.02. The second-order valence-corrected chi connectivity index (χ2v) is 4.05. The summed E-state index contributed by atoms with van der Waals surface area (Å²) in [5, 5.41) is 2.84. The van der Waals surface area contributed by atoms with Crippen molar-refractivity contribution in [1.29, 1.82) is 0 Å². The van der Waals surface area contributed by atoms with Gasteiger partial charge in [0.1, 0.15) is 0 Å². The van der Waals surface area contributed by atoms with E-state index in [0.717, 1.165) is 32.7 Å². The molecule has 1 saturated heterocycles. The summed E-state index contributed by atoms with van der Waals surface area (Å²) in [5.41, 5.74) is 0. The molecule has 5 heteroatoms. The summed E-state index contributed by atoms with van der Waals surface area (Å²) in [5.74, 6) is 0. The van der Waals surface area contributed by atoms with Crippen molar-refractivity contribution in [3.8, 4) is 0 Å². The first kappa shape index (κ1) is 13.3. The van der Waals surface area contributed by atoms with E-state index in [4.69, 9.17) is 4.74 Å². The quantitative estimate of drug-likeness (QED) is 0.693.